The molecule has 0 radical (unpaired) electrons. The Labute approximate surface area is 115 Å². The van der Waals surface area contributed by atoms with Gasteiger partial charge in [0.15, 0.2) is 0 Å². The van der Waals surface area contributed by atoms with Crippen LogP contribution in [0.4, 0.5) is 11.5 Å². The molecule has 3 rings (SSSR count). The number of anilines is 2. The first-order valence-corrected chi connectivity index (χ1v) is 7.53. The average Bonchev–Trinajstić information content (AvgIpc) is 2.49. The molecule has 0 spiro atoms. The monoisotopic (exact) mass is 260 g/mol. The molecule has 1 saturated heterocycles. The topological polar surface area (TPSA) is 45.4 Å². The predicted molar refractivity (Wildman–Crippen MR) is 79.3 cm³/mol. The molecule has 0 amide bonds. The first kappa shape index (κ1) is 12.7. The van der Waals surface area contributed by atoms with Crippen LogP contribution in [0.25, 0.3) is 0 Å². The average molecular weight is 260 g/mol. The molecular weight excluding hydrogens is 236 g/mol. The van der Waals surface area contributed by atoms with Crippen molar-refractivity contribution < 1.29 is 0 Å². The summed E-state index contributed by atoms with van der Waals surface area (Å²) in [5, 5.41) is 0. The van der Waals surface area contributed by atoms with Gasteiger partial charge in [-0.25, -0.2) is 4.98 Å². The molecule has 4 nitrogen and oxygen atoms in total. The number of hydrogen-bond donors (Lipinski definition) is 1. The van der Waals surface area contributed by atoms with Crippen LogP contribution in [0, 0.1) is 0 Å². The molecule has 19 heavy (non-hydrogen) atoms. The lowest BCUT2D eigenvalue weighted by molar-refractivity contribution is 0.147. The highest BCUT2D eigenvalue weighted by Crippen LogP contribution is 2.24. The molecule has 2 N–H and O–H groups in total. The minimum absolute atomic E-state index is 0.740. The molecule has 1 aromatic heterocycles. The summed E-state index contributed by atoms with van der Waals surface area (Å²) < 4.78 is 0. The van der Waals surface area contributed by atoms with Gasteiger partial charge in [0.1, 0.15) is 5.82 Å². The van der Waals surface area contributed by atoms with Crippen molar-refractivity contribution in [2.75, 3.05) is 36.8 Å². The van der Waals surface area contributed by atoms with Gasteiger partial charge >= 0.3 is 0 Å². The van der Waals surface area contributed by atoms with Crippen molar-refractivity contribution in [1.29, 1.82) is 0 Å². The van der Waals surface area contributed by atoms with E-state index in [4.69, 9.17) is 5.73 Å². The number of nitrogens with two attached hydrogens (primary N) is 1. The molecule has 1 saturated carbocycles. The Morgan fingerprint density at radius 2 is 1.74 bits per heavy atom. The molecule has 1 aromatic rings. The number of nitrogens with zero attached hydrogens (tertiary/aromatic N) is 3. The summed E-state index contributed by atoms with van der Waals surface area (Å²) in [5.41, 5.74) is 6.43. The summed E-state index contributed by atoms with van der Waals surface area (Å²) in [6.45, 7) is 4.54. The summed E-state index contributed by atoms with van der Waals surface area (Å²) >= 11 is 0. The first-order chi connectivity index (χ1) is 9.33. The Morgan fingerprint density at radius 3 is 2.37 bits per heavy atom. The SMILES string of the molecule is Nc1ccc(N2CCN(C3CCCCC3)CC2)nc1. The van der Waals surface area contributed by atoms with Gasteiger partial charge in [-0.15, -0.1) is 0 Å². The summed E-state index contributed by atoms with van der Waals surface area (Å²) in [6.07, 6.45) is 8.84. The van der Waals surface area contributed by atoms with Crippen molar-refractivity contribution in [3.8, 4) is 0 Å². The maximum atomic E-state index is 5.69. The van der Waals surface area contributed by atoms with Gasteiger partial charge in [0, 0.05) is 32.2 Å². The lowest BCUT2D eigenvalue weighted by Gasteiger charge is -2.41. The van der Waals surface area contributed by atoms with Crippen molar-refractivity contribution >= 4 is 11.5 Å². The van der Waals surface area contributed by atoms with E-state index in [1.807, 2.05) is 12.1 Å². The fraction of sp³-hybridized carbons (Fsp3) is 0.667. The third-order valence-electron chi connectivity index (χ3n) is 4.50. The van der Waals surface area contributed by atoms with E-state index in [-0.39, 0.29) is 0 Å². The Kier molecular flexibility index (Phi) is 3.87. The molecule has 1 aliphatic carbocycles. The first-order valence-electron chi connectivity index (χ1n) is 7.53. The third kappa shape index (κ3) is 3.00. The smallest absolute Gasteiger partial charge is 0.128 e. The summed E-state index contributed by atoms with van der Waals surface area (Å²) in [4.78, 5) is 9.48. The minimum Gasteiger partial charge on any atom is -0.397 e. The molecule has 0 unspecified atom stereocenters. The van der Waals surface area contributed by atoms with Gasteiger partial charge in [0.2, 0.25) is 0 Å². The summed E-state index contributed by atoms with van der Waals surface area (Å²) in [5.74, 6) is 1.07. The Morgan fingerprint density at radius 1 is 1.00 bits per heavy atom. The van der Waals surface area contributed by atoms with E-state index in [1.165, 1.54) is 45.2 Å². The van der Waals surface area contributed by atoms with Crippen LogP contribution in [0.5, 0.6) is 0 Å². The van der Waals surface area contributed by atoms with Gasteiger partial charge in [-0.2, -0.15) is 0 Å². The second-order valence-corrected chi connectivity index (χ2v) is 5.76. The van der Waals surface area contributed by atoms with E-state index in [2.05, 4.69) is 14.8 Å². The van der Waals surface area contributed by atoms with Crippen molar-refractivity contribution in [3.63, 3.8) is 0 Å². The lowest BCUT2D eigenvalue weighted by Crippen LogP contribution is -2.51. The Hall–Kier alpha value is -1.29. The molecule has 0 atom stereocenters. The van der Waals surface area contributed by atoms with Gasteiger partial charge in [0.25, 0.3) is 0 Å². The van der Waals surface area contributed by atoms with Crippen LogP contribution >= 0.6 is 0 Å². The third-order valence-corrected chi connectivity index (χ3v) is 4.50. The van der Waals surface area contributed by atoms with E-state index in [0.29, 0.717) is 0 Å². The number of pyridine rings is 1. The van der Waals surface area contributed by atoms with E-state index in [0.717, 1.165) is 30.6 Å². The van der Waals surface area contributed by atoms with Crippen LogP contribution in [-0.4, -0.2) is 42.1 Å². The highest BCUT2D eigenvalue weighted by Gasteiger charge is 2.25. The van der Waals surface area contributed by atoms with Crippen LogP contribution in [0.2, 0.25) is 0 Å². The number of hydrogen-bond acceptors (Lipinski definition) is 4. The zero-order valence-corrected chi connectivity index (χ0v) is 11.6. The molecule has 4 heteroatoms. The van der Waals surface area contributed by atoms with E-state index >= 15 is 0 Å². The van der Waals surface area contributed by atoms with Crippen molar-refractivity contribution in [2.24, 2.45) is 0 Å². The van der Waals surface area contributed by atoms with E-state index in [1.54, 1.807) is 6.20 Å². The Balaban J connectivity index is 1.55. The van der Waals surface area contributed by atoms with Crippen molar-refractivity contribution in [3.05, 3.63) is 18.3 Å². The summed E-state index contributed by atoms with van der Waals surface area (Å²) in [6, 6.07) is 4.82. The number of piperazine rings is 1. The van der Waals surface area contributed by atoms with Crippen LogP contribution in [-0.2, 0) is 0 Å². The fourth-order valence-corrected chi connectivity index (χ4v) is 3.35. The van der Waals surface area contributed by atoms with Gasteiger partial charge in [-0.3, -0.25) is 4.90 Å². The van der Waals surface area contributed by atoms with Crippen LogP contribution in [0.15, 0.2) is 18.3 Å². The largest absolute Gasteiger partial charge is 0.397 e. The number of aromatic nitrogens is 1. The van der Waals surface area contributed by atoms with Crippen LogP contribution in [0.1, 0.15) is 32.1 Å². The zero-order chi connectivity index (χ0) is 13.1. The molecule has 0 aromatic carbocycles. The second-order valence-electron chi connectivity index (χ2n) is 5.76. The lowest BCUT2D eigenvalue weighted by atomic mass is 9.94. The highest BCUT2D eigenvalue weighted by molar-refractivity contribution is 5.46. The highest BCUT2D eigenvalue weighted by atomic mass is 15.3. The quantitative estimate of drug-likeness (QED) is 0.884. The number of rotatable bonds is 2. The molecule has 0 bridgehead atoms. The van der Waals surface area contributed by atoms with E-state index < -0.39 is 0 Å². The van der Waals surface area contributed by atoms with Crippen LogP contribution in [0.3, 0.4) is 0 Å². The Bertz CT molecular complexity index is 389. The van der Waals surface area contributed by atoms with Crippen LogP contribution < -0.4 is 10.6 Å². The molecule has 104 valence electrons. The van der Waals surface area contributed by atoms with Crippen molar-refractivity contribution in [2.45, 2.75) is 38.1 Å². The van der Waals surface area contributed by atoms with Gasteiger partial charge < -0.3 is 10.6 Å². The van der Waals surface area contributed by atoms with Gasteiger partial charge in [0.05, 0.1) is 11.9 Å². The minimum atomic E-state index is 0.740. The predicted octanol–water partition coefficient (Wildman–Crippen LogP) is 2.12. The maximum absolute atomic E-state index is 5.69. The molecule has 1 aliphatic heterocycles. The normalized spacial score (nSPS) is 22.6. The fourth-order valence-electron chi connectivity index (χ4n) is 3.35. The summed E-state index contributed by atoms with van der Waals surface area (Å²) in [7, 11) is 0. The van der Waals surface area contributed by atoms with Crippen molar-refractivity contribution in [1.82, 2.24) is 9.88 Å². The zero-order valence-electron chi connectivity index (χ0n) is 11.6. The second kappa shape index (κ2) is 5.78. The standard InChI is InChI=1S/C15H24N4/c16-13-6-7-15(17-12-13)19-10-8-18(9-11-19)14-4-2-1-3-5-14/h6-7,12,14H,1-5,8-11,16H2. The molecule has 2 fully saturated rings. The van der Waals surface area contributed by atoms with Gasteiger partial charge in [-0.05, 0) is 25.0 Å². The molecular formula is C15H24N4. The van der Waals surface area contributed by atoms with E-state index in [9.17, 15) is 0 Å². The number of nitrogen functional groups attached to an aromatic ring is 1. The molecule has 2 heterocycles. The molecule has 2 aliphatic rings. The maximum Gasteiger partial charge on any atom is 0.128 e. The van der Waals surface area contributed by atoms with Gasteiger partial charge in [-0.1, -0.05) is 19.3 Å².